The molecule has 0 saturated heterocycles. The number of hydrogen-bond acceptors (Lipinski definition) is 6. The van der Waals surface area contributed by atoms with E-state index in [0.717, 1.165) is 12.8 Å². The van der Waals surface area contributed by atoms with E-state index >= 15 is 0 Å². The lowest BCUT2D eigenvalue weighted by atomic mass is 9.99. The number of hydrogen-bond donors (Lipinski definition) is 4. The van der Waals surface area contributed by atoms with E-state index in [2.05, 4.69) is 16.0 Å². The van der Waals surface area contributed by atoms with Crippen LogP contribution in [0.5, 0.6) is 0 Å². The van der Waals surface area contributed by atoms with Gasteiger partial charge in [-0.1, -0.05) is 27.7 Å². The molecule has 0 fully saturated rings. The Bertz CT molecular complexity index is 587. The monoisotopic (exact) mass is 442 g/mol. The maximum absolute atomic E-state index is 12.9. The van der Waals surface area contributed by atoms with Gasteiger partial charge in [0.05, 0.1) is 6.04 Å². The molecule has 2 unspecified atom stereocenters. The van der Waals surface area contributed by atoms with E-state index in [1.165, 1.54) is 0 Å². The molecule has 3 amide bonds. The van der Waals surface area contributed by atoms with Gasteiger partial charge in [0.25, 0.3) is 0 Å². The third kappa shape index (κ3) is 13.0. The van der Waals surface area contributed by atoms with Crippen LogP contribution in [-0.2, 0) is 19.1 Å². The van der Waals surface area contributed by atoms with E-state index in [-0.39, 0.29) is 11.8 Å². The van der Waals surface area contributed by atoms with Crippen molar-refractivity contribution >= 4 is 24.2 Å². The summed E-state index contributed by atoms with van der Waals surface area (Å²) in [6.07, 6.45) is 2.36. The van der Waals surface area contributed by atoms with Gasteiger partial charge >= 0.3 is 6.09 Å². The van der Waals surface area contributed by atoms with Gasteiger partial charge in [0, 0.05) is 0 Å². The minimum Gasteiger partial charge on any atom is -0.444 e. The first-order valence-corrected chi connectivity index (χ1v) is 11.1. The van der Waals surface area contributed by atoms with Crippen LogP contribution in [0.15, 0.2) is 0 Å². The maximum Gasteiger partial charge on any atom is 0.408 e. The summed E-state index contributed by atoms with van der Waals surface area (Å²) in [5, 5.41) is 8.02. The Morgan fingerprint density at radius 3 is 2.03 bits per heavy atom. The molecular weight excluding hydrogens is 400 g/mol. The van der Waals surface area contributed by atoms with Gasteiger partial charge in [-0.25, -0.2) is 4.79 Å². The molecule has 31 heavy (non-hydrogen) atoms. The molecule has 0 aromatic heterocycles. The second-order valence-corrected chi connectivity index (χ2v) is 9.59. The van der Waals surface area contributed by atoms with Crippen molar-refractivity contribution in [1.82, 2.24) is 16.0 Å². The molecule has 5 N–H and O–H groups in total. The minimum absolute atomic E-state index is 0.124. The lowest BCUT2D eigenvalue weighted by Crippen LogP contribution is -2.57. The zero-order chi connectivity index (χ0) is 24.2. The summed E-state index contributed by atoms with van der Waals surface area (Å²) in [6.45, 7) is 13.2. The van der Waals surface area contributed by atoms with Gasteiger partial charge in [0.1, 0.15) is 24.0 Å². The predicted octanol–water partition coefficient (Wildman–Crippen LogP) is 1.88. The quantitative estimate of drug-likeness (QED) is 0.254. The smallest absolute Gasteiger partial charge is 0.408 e. The van der Waals surface area contributed by atoms with Gasteiger partial charge in [-0.05, 0) is 64.8 Å². The summed E-state index contributed by atoms with van der Waals surface area (Å²) >= 11 is 0. The molecule has 0 bridgehead atoms. The van der Waals surface area contributed by atoms with E-state index in [9.17, 15) is 19.2 Å². The molecule has 9 heteroatoms. The fraction of sp³-hybridized carbons (Fsp3) is 0.818. The highest BCUT2D eigenvalue weighted by molar-refractivity contribution is 5.92. The fourth-order valence-corrected chi connectivity index (χ4v) is 2.90. The Labute approximate surface area is 186 Å². The maximum atomic E-state index is 12.9. The van der Waals surface area contributed by atoms with Crippen molar-refractivity contribution < 1.29 is 23.9 Å². The van der Waals surface area contributed by atoms with Crippen LogP contribution < -0.4 is 21.7 Å². The van der Waals surface area contributed by atoms with Crippen molar-refractivity contribution in [2.75, 3.05) is 6.54 Å². The topological polar surface area (TPSA) is 140 Å². The van der Waals surface area contributed by atoms with E-state index in [1.807, 2.05) is 13.8 Å². The first kappa shape index (κ1) is 28.8. The summed E-state index contributed by atoms with van der Waals surface area (Å²) in [5.74, 6) is -1.01. The van der Waals surface area contributed by atoms with Crippen LogP contribution >= 0.6 is 0 Å². The number of alkyl carbamates (subject to hydrolysis) is 1. The molecular formula is C22H42N4O5. The molecule has 9 nitrogen and oxygen atoms in total. The zero-order valence-electron chi connectivity index (χ0n) is 20.1. The highest BCUT2D eigenvalue weighted by atomic mass is 16.6. The Hall–Kier alpha value is -2.16. The number of nitrogens with one attached hydrogen (secondary N) is 3. The van der Waals surface area contributed by atoms with Crippen LogP contribution in [-0.4, -0.2) is 54.5 Å². The summed E-state index contributed by atoms with van der Waals surface area (Å²) < 4.78 is 5.24. The van der Waals surface area contributed by atoms with Gasteiger partial charge < -0.3 is 31.2 Å². The summed E-state index contributed by atoms with van der Waals surface area (Å²) in [7, 11) is 0. The molecule has 0 aromatic carbocycles. The molecule has 0 saturated carbocycles. The van der Waals surface area contributed by atoms with Gasteiger partial charge in [0.15, 0.2) is 0 Å². The molecule has 0 aliphatic rings. The molecule has 0 rings (SSSR count). The van der Waals surface area contributed by atoms with Gasteiger partial charge in [-0.3, -0.25) is 9.59 Å². The standard InChI is InChI=1S/C22H42N4O5/c1-14(2)12-17(19(28)24-16(13-27)10-8-9-11-23)25-20(29)18(15(3)4)26-21(30)31-22(5,6)7/h13-18H,8-12,23H2,1-7H3,(H,24,28)(H,25,29)(H,26,30)/t16?,17?,18-/m1/s1. The number of aldehydes is 1. The van der Waals surface area contributed by atoms with Crippen molar-refractivity contribution in [3.05, 3.63) is 0 Å². The normalized spacial score (nSPS) is 14.5. The zero-order valence-corrected chi connectivity index (χ0v) is 20.1. The van der Waals surface area contributed by atoms with Crippen molar-refractivity contribution in [3.63, 3.8) is 0 Å². The van der Waals surface area contributed by atoms with Crippen LogP contribution in [0, 0.1) is 11.8 Å². The number of carbonyl (C=O) groups excluding carboxylic acids is 4. The molecule has 0 heterocycles. The third-order valence-electron chi connectivity index (χ3n) is 4.42. The Kier molecular flexibility index (Phi) is 13.0. The number of ether oxygens (including phenoxy) is 1. The van der Waals surface area contributed by atoms with Gasteiger partial charge in [-0.15, -0.1) is 0 Å². The average molecular weight is 443 g/mol. The second-order valence-electron chi connectivity index (χ2n) is 9.59. The van der Waals surface area contributed by atoms with Crippen molar-refractivity contribution in [1.29, 1.82) is 0 Å². The summed E-state index contributed by atoms with van der Waals surface area (Å²) in [4.78, 5) is 49.2. The predicted molar refractivity (Wildman–Crippen MR) is 120 cm³/mol. The molecule has 0 spiro atoms. The van der Waals surface area contributed by atoms with Crippen LogP contribution in [0.4, 0.5) is 4.79 Å². The highest BCUT2D eigenvalue weighted by Gasteiger charge is 2.31. The fourth-order valence-electron chi connectivity index (χ4n) is 2.90. The second kappa shape index (κ2) is 14.0. The first-order valence-electron chi connectivity index (χ1n) is 11.1. The lowest BCUT2D eigenvalue weighted by molar-refractivity contribution is -0.131. The Morgan fingerprint density at radius 2 is 1.58 bits per heavy atom. The van der Waals surface area contributed by atoms with Crippen LogP contribution in [0.25, 0.3) is 0 Å². The number of carbonyl (C=O) groups is 4. The van der Waals surface area contributed by atoms with Gasteiger partial charge in [0.2, 0.25) is 11.8 Å². The van der Waals surface area contributed by atoms with Crippen LogP contribution in [0.1, 0.15) is 74.1 Å². The number of amides is 3. The largest absolute Gasteiger partial charge is 0.444 e. The number of unbranched alkanes of at least 4 members (excludes halogenated alkanes) is 1. The highest BCUT2D eigenvalue weighted by Crippen LogP contribution is 2.11. The Balaban J connectivity index is 5.23. The molecule has 180 valence electrons. The molecule has 3 atom stereocenters. The van der Waals surface area contributed by atoms with E-state index in [1.54, 1.807) is 34.6 Å². The molecule has 0 aliphatic carbocycles. The molecule has 0 aliphatic heterocycles. The van der Waals surface area contributed by atoms with Crippen LogP contribution in [0.2, 0.25) is 0 Å². The van der Waals surface area contributed by atoms with Crippen LogP contribution in [0.3, 0.4) is 0 Å². The average Bonchev–Trinajstić information content (AvgIpc) is 2.62. The first-order chi connectivity index (χ1) is 14.3. The molecule has 0 aromatic rings. The van der Waals surface area contributed by atoms with E-state index in [4.69, 9.17) is 10.5 Å². The van der Waals surface area contributed by atoms with Crippen molar-refractivity contribution in [2.45, 2.75) is 97.9 Å². The van der Waals surface area contributed by atoms with E-state index < -0.39 is 41.6 Å². The number of nitrogens with two attached hydrogens (primary N) is 1. The molecule has 0 radical (unpaired) electrons. The lowest BCUT2D eigenvalue weighted by Gasteiger charge is -2.28. The van der Waals surface area contributed by atoms with E-state index in [0.29, 0.717) is 25.7 Å². The summed E-state index contributed by atoms with van der Waals surface area (Å²) in [6, 6.07) is -2.33. The third-order valence-corrected chi connectivity index (χ3v) is 4.42. The van der Waals surface area contributed by atoms with Gasteiger partial charge in [-0.2, -0.15) is 0 Å². The number of rotatable bonds is 13. The Morgan fingerprint density at radius 1 is 0.968 bits per heavy atom. The van der Waals surface area contributed by atoms with Crippen molar-refractivity contribution in [3.8, 4) is 0 Å². The van der Waals surface area contributed by atoms with Crippen molar-refractivity contribution in [2.24, 2.45) is 17.6 Å². The SMILES string of the molecule is CC(C)CC(NC(=O)[C@H](NC(=O)OC(C)(C)C)C(C)C)C(=O)NC(C=O)CCCCN. The summed E-state index contributed by atoms with van der Waals surface area (Å²) in [5.41, 5.74) is 4.78. The minimum atomic E-state index is -0.872.